The average molecular weight is 859 g/mol. The van der Waals surface area contributed by atoms with Gasteiger partial charge in [-0.05, 0) is 117 Å². The van der Waals surface area contributed by atoms with Crippen LogP contribution in [0, 0.1) is 42.2 Å². The van der Waals surface area contributed by atoms with Crippen molar-refractivity contribution in [2.24, 2.45) is 5.92 Å². The van der Waals surface area contributed by atoms with Crippen LogP contribution in [0.3, 0.4) is 0 Å². The summed E-state index contributed by atoms with van der Waals surface area (Å²) in [5, 5.41) is 37.5. The normalized spacial score (nSPS) is 19.8. The van der Waals surface area contributed by atoms with Gasteiger partial charge in [-0.25, -0.2) is 23.1 Å². The van der Waals surface area contributed by atoms with Crippen LogP contribution in [0.4, 0.5) is 19.3 Å². The number of imidazole rings is 1. The van der Waals surface area contributed by atoms with Gasteiger partial charge in [-0.2, -0.15) is 5.10 Å². The number of carboxylic acid groups (broad SMARTS) is 1. The summed E-state index contributed by atoms with van der Waals surface area (Å²) in [6.45, 7) is 8.25. The van der Waals surface area contributed by atoms with Gasteiger partial charge in [-0.1, -0.05) is 6.92 Å². The maximum atomic E-state index is 16.2. The first-order chi connectivity index (χ1) is 30.2. The summed E-state index contributed by atoms with van der Waals surface area (Å²) in [6, 6.07) is 12.8. The number of carbonyl (C=O) groups is 2. The molecule has 5 heterocycles. The molecule has 17 heteroatoms. The van der Waals surface area contributed by atoms with E-state index in [2.05, 4.69) is 10.6 Å². The first-order valence-corrected chi connectivity index (χ1v) is 21.0. The molecule has 0 radical (unpaired) electrons. The molecule has 5 N–H and O–H groups in total. The molecule has 0 bridgehead atoms. The highest BCUT2D eigenvalue weighted by Gasteiger charge is 2.59. The van der Waals surface area contributed by atoms with Crippen molar-refractivity contribution in [2.75, 3.05) is 32.1 Å². The highest BCUT2D eigenvalue weighted by molar-refractivity contribution is 6.05. The Morgan fingerprint density at radius 1 is 1.00 bits per heavy atom. The smallest absolute Gasteiger partial charge is 0.410 e. The van der Waals surface area contributed by atoms with Gasteiger partial charge in [-0.15, -0.1) is 0 Å². The van der Waals surface area contributed by atoms with Gasteiger partial charge in [0.2, 0.25) is 0 Å². The zero-order chi connectivity index (χ0) is 44.6. The number of hydrogen-bond donors (Lipinski definition) is 5. The summed E-state index contributed by atoms with van der Waals surface area (Å²) in [5.41, 5.74) is 3.66. The van der Waals surface area contributed by atoms with Crippen LogP contribution in [0.15, 0.2) is 65.7 Å². The van der Waals surface area contributed by atoms with E-state index in [0.717, 1.165) is 5.69 Å². The second-order valence-corrected chi connectivity index (χ2v) is 16.9. The Hall–Kier alpha value is -6.88. The van der Waals surface area contributed by atoms with Crippen LogP contribution >= 0.6 is 0 Å². The Morgan fingerprint density at radius 3 is 2.35 bits per heavy atom. The van der Waals surface area contributed by atoms with E-state index in [4.69, 9.17) is 20.7 Å². The summed E-state index contributed by atoms with van der Waals surface area (Å²) in [6.07, 6.45) is 4.93. The number of benzene rings is 3. The standard InChI is InChI=1S/C46H48F2N10O5/c1-24-16-32(17-25(2)40(24)48)58-41(56-13-12-55(45(56)62)31-6-7-35(51-5)30(18-31)23-49)39-27(4)54(11-8-36(39)53-58)42(59)38-20-29-19-33(28-9-14-63-15-10-28)34(47)21-37(29)57(38)46(22-26(46)3)43(50)52-44(60)61/h6-7,12-13,16-21,23,26-28,49,51H,8-11,14-15,22H2,1-5H3,(H2,50,52)(H,60,61)/t26-,27-,46-/m0/s1. The molecule has 2 amide bonds. The van der Waals surface area contributed by atoms with Crippen molar-refractivity contribution in [1.29, 1.82) is 10.8 Å². The maximum absolute atomic E-state index is 16.2. The molecule has 6 aromatic rings. The largest absolute Gasteiger partial charge is 0.465 e. The Morgan fingerprint density at radius 2 is 1.70 bits per heavy atom. The van der Waals surface area contributed by atoms with E-state index in [1.54, 1.807) is 89.9 Å². The average Bonchev–Trinajstić information content (AvgIpc) is 3.52. The number of nitrogens with one attached hydrogen (secondary N) is 4. The number of amides is 2. The first kappa shape index (κ1) is 41.5. The molecule has 3 aromatic carbocycles. The maximum Gasteiger partial charge on any atom is 0.410 e. The molecule has 3 aromatic heterocycles. The number of amidine groups is 1. The second kappa shape index (κ2) is 15.5. The number of fused-ring (bicyclic) bond motifs is 2. The molecular formula is C46H48F2N10O5. The van der Waals surface area contributed by atoms with Crippen molar-refractivity contribution in [1.82, 2.24) is 33.7 Å². The molecular weight excluding hydrogens is 811 g/mol. The number of aromatic nitrogens is 5. The molecule has 1 aliphatic carbocycles. The second-order valence-electron chi connectivity index (χ2n) is 16.9. The van der Waals surface area contributed by atoms with Crippen LogP contribution in [0.5, 0.6) is 0 Å². The van der Waals surface area contributed by atoms with Gasteiger partial charge in [0.15, 0.2) is 0 Å². The predicted molar refractivity (Wildman–Crippen MR) is 234 cm³/mol. The molecule has 63 heavy (non-hydrogen) atoms. The van der Waals surface area contributed by atoms with E-state index in [0.29, 0.717) is 94.1 Å². The molecule has 3 atom stereocenters. The van der Waals surface area contributed by atoms with Gasteiger partial charge in [0.05, 0.1) is 28.6 Å². The number of aryl methyl sites for hydroxylation is 2. The lowest BCUT2D eigenvalue weighted by atomic mass is 9.90. The van der Waals surface area contributed by atoms with Crippen LogP contribution < -0.4 is 16.3 Å². The number of rotatable bonds is 9. The third kappa shape index (κ3) is 6.63. The number of anilines is 1. The fraction of sp³-hybridized carbons (Fsp3) is 0.348. The highest BCUT2D eigenvalue weighted by Crippen LogP contribution is 2.53. The lowest BCUT2D eigenvalue weighted by Gasteiger charge is -2.34. The minimum Gasteiger partial charge on any atom is -0.465 e. The molecule has 326 valence electrons. The van der Waals surface area contributed by atoms with Gasteiger partial charge in [0.25, 0.3) is 5.91 Å². The Bertz CT molecular complexity index is 2930. The molecule has 9 rings (SSSR count). The summed E-state index contributed by atoms with van der Waals surface area (Å²) in [7, 11) is 1.75. The van der Waals surface area contributed by atoms with Gasteiger partial charge in [-0.3, -0.25) is 24.7 Å². The number of carbonyl (C=O) groups excluding carboxylic acids is 1. The van der Waals surface area contributed by atoms with Crippen LogP contribution in [0.25, 0.3) is 28.1 Å². The third-order valence-corrected chi connectivity index (χ3v) is 13.3. The van der Waals surface area contributed by atoms with Crippen LogP contribution in [0.1, 0.15) is 89.1 Å². The Balaban J connectivity index is 1.20. The van der Waals surface area contributed by atoms with Gasteiger partial charge < -0.3 is 30.0 Å². The number of halogens is 2. The van der Waals surface area contributed by atoms with Crippen molar-refractivity contribution in [3.63, 3.8) is 0 Å². The fourth-order valence-corrected chi connectivity index (χ4v) is 9.87. The van der Waals surface area contributed by atoms with Gasteiger partial charge in [0, 0.05) is 74.0 Å². The first-order valence-electron chi connectivity index (χ1n) is 21.0. The topological polar surface area (TPSA) is 188 Å². The van der Waals surface area contributed by atoms with Crippen molar-refractivity contribution >= 4 is 40.6 Å². The quantitative estimate of drug-likeness (QED) is 0.0743. The Kier molecular flexibility index (Phi) is 10.2. The van der Waals surface area contributed by atoms with E-state index in [1.807, 2.05) is 13.8 Å². The third-order valence-electron chi connectivity index (χ3n) is 13.3. The van der Waals surface area contributed by atoms with Crippen LogP contribution in [-0.4, -0.2) is 84.3 Å². The van der Waals surface area contributed by atoms with Crippen LogP contribution in [-0.2, 0) is 16.7 Å². The van der Waals surface area contributed by atoms with Crippen LogP contribution in [0.2, 0.25) is 0 Å². The van der Waals surface area contributed by atoms with E-state index in [1.165, 1.54) is 21.4 Å². The van der Waals surface area contributed by atoms with E-state index >= 15 is 13.6 Å². The zero-order valence-electron chi connectivity index (χ0n) is 35.6. The summed E-state index contributed by atoms with van der Waals surface area (Å²) >= 11 is 0. The number of hydrogen-bond acceptors (Lipinski definition) is 8. The zero-order valence-corrected chi connectivity index (χ0v) is 35.6. The van der Waals surface area contributed by atoms with Gasteiger partial charge >= 0.3 is 11.8 Å². The molecule has 3 aliphatic rings. The fourth-order valence-electron chi connectivity index (χ4n) is 9.87. The highest BCUT2D eigenvalue weighted by atomic mass is 19.1. The van der Waals surface area contributed by atoms with Gasteiger partial charge in [0.1, 0.15) is 34.5 Å². The molecule has 15 nitrogen and oxygen atoms in total. The minimum absolute atomic E-state index is 0.0837. The van der Waals surface area contributed by atoms with E-state index in [-0.39, 0.29) is 42.1 Å². The minimum atomic E-state index is -1.42. The SMILES string of the molecule is CNc1ccc(-n2ccn(-c3c4c(nn3-c3cc(C)c(F)c(C)c3)CCN(C(=O)c3cc5cc(C6CCOCC6)c(F)cc5n3[C@@]3(C(=N)NC(=O)O)C[C@@H]3C)[C@H]4C)c2=O)cc1C=N. The molecule has 2 fully saturated rings. The summed E-state index contributed by atoms with van der Waals surface area (Å²) < 4.78 is 43.0. The molecule has 0 spiro atoms. The lowest BCUT2D eigenvalue weighted by molar-refractivity contribution is 0.0664. The molecule has 2 aliphatic heterocycles. The summed E-state index contributed by atoms with van der Waals surface area (Å²) in [5.74, 6) is -1.55. The monoisotopic (exact) mass is 858 g/mol. The number of nitrogens with zero attached hydrogens (tertiary/aromatic N) is 6. The molecule has 1 saturated heterocycles. The summed E-state index contributed by atoms with van der Waals surface area (Å²) in [4.78, 5) is 43.5. The lowest BCUT2D eigenvalue weighted by Crippen LogP contribution is -2.45. The van der Waals surface area contributed by atoms with E-state index in [9.17, 15) is 14.7 Å². The van der Waals surface area contributed by atoms with E-state index < -0.39 is 35.1 Å². The van der Waals surface area contributed by atoms with Crippen molar-refractivity contribution in [3.8, 4) is 17.2 Å². The van der Waals surface area contributed by atoms with Crippen molar-refractivity contribution < 1.29 is 28.2 Å². The predicted octanol–water partition coefficient (Wildman–Crippen LogP) is 7.34. The molecule has 0 unspecified atom stereocenters. The Labute approximate surface area is 360 Å². The number of ether oxygens (including phenoxy) is 1. The van der Waals surface area contributed by atoms with Crippen molar-refractivity contribution in [2.45, 2.75) is 70.9 Å². The van der Waals surface area contributed by atoms with Crippen molar-refractivity contribution in [3.05, 3.63) is 122 Å². The molecule has 1 saturated carbocycles.